The molecule has 0 saturated carbocycles. The number of hydrogen-bond donors (Lipinski definition) is 2. The zero-order chi connectivity index (χ0) is 21.6. The van der Waals surface area contributed by atoms with Gasteiger partial charge in [-0.05, 0) is 30.0 Å². The first kappa shape index (κ1) is 23.7. The van der Waals surface area contributed by atoms with Crippen LogP contribution in [0.1, 0.15) is 57.8 Å². The van der Waals surface area contributed by atoms with Crippen LogP contribution in [0.2, 0.25) is 0 Å². The van der Waals surface area contributed by atoms with Crippen LogP contribution in [-0.4, -0.2) is 40.9 Å². The molecule has 2 N–H and O–H groups in total. The topological polar surface area (TPSA) is 76.4 Å². The number of rotatable bonds is 13. The Bertz CT molecular complexity index is 740. The van der Waals surface area contributed by atoms with Crippen LogP contribution in [0.25, 0.3) is 0 Å². The van der Waals surface area contributed by atoms with E-state index in [9.17, 15) is 0 Å². The molecule has 0 bridgehead atoms. The molecule has 0 aliphatic carbocycles. The van der Waals surface area contributed by atoms with Crippen LogP contribution in [0.4, 0.5) is 0 Å². The molecule has 1 atom stereocenters. The number of ether oxygens (including phenoxy) is 1. The SMILES string of the molecule is CCCCC(CC)CNC(=NCc1ccc(OC)cc1)NCCn1cnnc1CC. The number of aliphatic imine (C=N–C) groups is 1. The Morgan fingerprint density at radius 3 is 2.63 bits per heavy atom. The minimum absolute atomic E-state index is 0.623. The van der Waals surface area contributed by atoms with E-state index < -0.39 is 0 Å². The second kappa shape index (κ2) is 13.6. The van der Waals surface area contributed by atoms with Crippen molar-refractivity contribution in [3.8, 4) is 5.75 Å². The number of benzene rings is 1. The highest BCUT2D eigenvalue weighted by molar-refractivity contribution is 5.79. The van der Waals surface area contributed by atoms with Gasteiger partial charge in [0.1, 0.15) is 17.9 Å². The summed E-state index contributed by atoms with van der Waals surface area (Å²) >= 11 is 0. The largest absolute Gasteiger partial charge is 0.497 e. The van der Waals surface area contributed by atoms with Crippen molar-refractivity contribution in [2.24, 2.45) is 10.9 Å². The Hall–Kier alpha value is -2.57. The number of nitrogens with one attached hydrogen (secondary N) is 2. The second-order valence-electron chi connectivity index (χ2n) is 7.53. The molecule has 2 rings (SSSR count). The lowest BCUT2D eigenvalue weighted by atomic mass is 9.99. The fourth-order valence-electron chi connectivity index (χ4n) is 3.29. The van der Waals surface area contributed by atoms with Crippen molar-refractivity contribution in [2.75, 3.05) is 20.2 Å². The van der Waals surface area contributed by atoms with Gasteiger partial charge in [0.15, 0.2) is 5.96 Å². The lowest BCUT2D eigenvalue weighted by Crippen LogP contribution is -2.41. The molecule has 0 radical (unpaired) electrons. The van der Waals surface area contributed by atoms with Crippen LogP contribution in [0, 0.1) is 5.92 Å². The van der Waals surface area contributed by atoms with Crippen molar-refractivity contribution >= 4 is 5.96 Å². The molecule has 1 aromatic heterocycles. The minimum atomic E-state index is 0.623. The van der Waals surface area contributed by atoms with Gasteiger partial charge in [0.05, 0.1) is 13.7 Å². The third-order valence-electron chi connectivity index (χ3n) is 5.34. The average molecular weight is 415 g/mol. The summed E-state index contributed by atoms with van der Waals surface area (Å²) in [5.74, 6) is 3.39. The first-order valence-electron chi connectivity index (χ1n) is 11.2. The number of nitrogens with zero attached hydrogens (tertiary/aromatic N) is 4. The number of methoxy groups -OCH3 is 1. The van der Waals surface area contributed by atoms with Crippen LogP contribution in [0.5, 0.6) is 5.75 Å². The van der Waals surface area contributed by atoms with Crippen molar-refractivity contribution in [3.05, 3.63) is 42.0 Å². The van der Waals surface area contributed by atoms with E-state index in [2.05, 4.69) is 58.3 Å². The van der Waals surface area contributed by atoms with Gasteiger partial charge >= 0.3 is 0 Å². The van der Waals surface area contributed by atoms with E-state index in [0.717, 1.165) is 49.2 Å². The molecule has 166 valence electrons. The highest BCUT2D eigenvalue weighted by atomic mass is 16.5. The van der Waals surface area contributed by atoms with E-state index in [1.54, 1.807) is 13.4 Å². The fraction of sp³-hybridized carbons (Fsp3) is 0.609. The molecule has 1 unspecified atom stereocenters. The first-order chi connectivity index (χ1) is 14.7. The molecule has 0 fully saturated rings. The van der Waals surface area contributed by atoms with Gasteiger partial charge in [-0.1, -0.05) is 52.2 Å². The van der Waals surface area contributed by atoms with Crippen molar-refractivity contribution in [2.45, 2.75) is 66.0 Å². The third kappa shape index (κ3) is 8.05. The molecule has 1 heterocycles. The molecule has 30 heavy (non-hydrogen) atoms. The average Bonchev–Trinajstić information content (AvgIpc) is 3.24. The van der Waals surface area contributed by atoms with E-state index in [1.165, 1.54) is 25.7 Å². The summed E-state index contributed by atoms with van der Waals surface area (Å²) in [6, 6.07) is 8.06. The maximum absolute atomic E-state index is 5.24. The molecule has 0 aliphatic heterocycles. The molecule has 0 amide bonds. The maximum atomic E-state index is 5.24. The Labute approximate surface area is 181 Å². The number of aryl methyl sites for hydroxylation is 1. The van der Waals surface area contributed by atoms with Crippen LogP contribution < -0.4 is 15.4 Å². The second-order valence-corrected chi connectivity index (χ2v) is 7.53. The van der Waals surface area contributed by atoms with Crippen LogP contribution in [-0.2, 0) is 19.5 Å². The monoisotopic (exact) mass is 414 g/mol. The summed E-state index contributed by atoms with van der Waals surface area (Å²) < 4.78 is 7.33. The molecule has 0 aliphatic rings. The zero-order valence-electron chi connectivity index (χ0n) is 19.0. The first-order valence-corrected chi connectivity index (χ1v) is 11.2. The summed E-state index contributed by atoms with van der Waals surface area (Å²) in [4.78, 5) is 4.81. The quantitative estimate of drug-likeness (QED) is 0.385. The zero-order valence-corrected chi connectivity index (χ0v) is 19.0. The number of unbranched alkanes of at least 4 members (excludes halogenated alkanes) is 1. The molecule has 1 aromatic carbocycles. The van der Waals surface area contributed by atoms with E-state index in [4.69, 9.17) is 9.73 Å². The standard InChI is InChI=1S/C23H38N6O/c1-5-8-9-19(6-2)16-25-23(24-14-15-29-18-27-28-22(29)7-3)26-17-20-10-12-21(30-4)13-11-20/h10-13,18-19H,5-9,14-17H2,1-4H3,(H2,24,25,26). The Balaban J connectivity index is 1.96. The molecule has 7 heteroatoms. The van der Waals surface area contributed by atoms with Crippen molar-refractivity contribution in [1.82, 2.24) is 25.4 Å². The maximum Gasteiger partial charge on any atom is 0.191 e. The Morgan fingerprint density at radius 1 is 1.17 bits per heavy atom. The molecular weight excluding hydrogens is 376 g/mol. The number of hydrogen-bond acceptors (Lipinski definition) is 4. The smallest absolute Gasteiger partial charge is 0.191 e. The van der Waals surface area contributed by atoms with Gasteiger partial charge < -0.3 is 19.9 Å². The molecule has 0 saturated heterocycles. The van der Waals surface area contributed by atoms with E-state index >= 15 is 0 Å². The predicted octanol–water partition coefficient (Wildman–Crippen LogP) is 3.80. The lowest BCUT2D eigenvalue weighted by molar-refractivity contribution is 0.414. The number of guanidine groups is 1. The fourth-order valence-corrected chi connectivity index (χ4v) is 3.29. The Kier molecular flexibility index (Phi) is 10.8. The highest BCUT2D eigenvalue weighted by Crippen LogP contribution is 2.13. The van der Waals surface area contributed by atoms with Gasteiger partial charge in [0.25, 0.3) is 0 Å². The summed E-state index contributed by atoms with van der Waals surface area (Å²) in [7, 11) is 1.68. The van der Waals surface area contributed by atoms with E-state index in [1.807, 2.05) is 12.1 Å². The van der Waals surface area contributed by atoms with Crippen molar-refractivity contribution in [1.29, 1.82) is 0 Å². The van der Waals surface area contributed by atoms with Gasteiger partial charge in [-0.3, -0.25) is 0 Å². The van der Waals surface area contributed by atoms with Crippen LogP contribution >= 0.6 is 0 Å². The summed E-state index contributed by atoms with van der Waals surface area (Å²) in [6.45, 7) is 9.76. The van der Waals surface area contributed by atoms with Crippen molar-refractivity contribution < 1.29 is 4.74 Å². The summed E-state index contributed by atoms with van der Waals surface area (Å²) in [5, 5.41) is 15.2. The molecule has 2 aromatic rings. The van der Waals surface area contributed by atoms with Gasteiger partial charge in [-0.2, -0.15) is 0 Å². The molecule has 0 spiro atoms. The van der Waals surface area contributed by atoms with Crippen molar-refractivity contribution in [3.63, 3.8) is 0 Å². The van der Waals surface area contributed by atoms with Gasteiger partial charge in [0.2, 0.25) is 0 Å². The minimum Gasteiger partial charge on any atom is -0.497 e. The number of aromatic nitrogens is 3. The van der Waals surface area contributed by atoms with E-state index in [0.29, 0.717) is 12.5 Å². The summed E-state index contributed by atoms with van der Waals surface area (Å²) in [6.07, 6.45) is 7.63. The Morgan fingerprint density at radius 2 is 1.97 bits per heavy atom. The van der Waals surface area contributed by atoms with E-state index in [-0.39, 0.29) is 0 Å². The van der Waals surface area contributed by atoms with Gasteiger partial charge in [-0.15, -0.1) is 10.2 Å². The van der Waals surface area contributed by atoms with Gasteiger partial charge in [0, 0.05) is 26.1 Å². The predicted molar refractivity (Wildman–Crippen MR) is 123 cm³/mol. The third-order valence-corrected chi connectivity index (χ3v) is 5.34. The lowest BCUT2D eigenvalue weighted by Gasteiger charge is -2.18. The molecule has 7 nitrogen and oxygen atoms in total. The normalized spacial score (nSPS) is 12.6. The highest BCUT2D eigenvalue weighted by Gasteiger charge is 2.08. The molecular formula is C23H38N6O. The van der Waals surface area contributed by atoms with Gasteiger partial charge in [-0.25, -0.2) is 4.99 Å². The summed E-state index contributed by atoms with van der Waals surface area (Å²) in [5.41, 5.74) is 1.15. The van der Waals surface area contributed by atoms with Crippen LogP contribution in [0.15, 0.2) is 35.6 Å². The van der Waals surface area contributed by atoms with Crippen LogP contribution in [0.3, 0.4) is 0 Å².